The van der Waals surface area contributed by atoms with Crippen molar-refractivity contribution >= 4 is 23.3 Å². The molecule has 3 aromatic rings. The van der Waals surface area contributed by atoms with Gasteiger partial charge in [-0.05, 0) is 57.0 Å². The molecule has 0 fully saturated rings. The van der Waals surface area contributed by atoms with E-state index in [2.05, 4.69) is 29.7 Å². The van der Waals surface area contributed by atoms with E-state index in [4.69, 9.17) is 16.7 Å². The Balaban J connectivity index is 1.47. The number of rotatable bonds is 4. The van der Waals surface area contributed by atoms with Crippen LogP contribution in [0.2, 0.25) is 5.02 Å². The number of nitrogens with zero attached hydrogens (tertiary/aromatic N) is 2. The van der Waals surface area contributed by atoms with Crippen molar-refractivity contribution in [2.75, 3.05) is 5.32 Å². The maximum absolute atomic E-state index is 12.3. The molecule has 2 unspecified atom stereocenters. The van der Waals surface area contributed by atoms with E-state index in [0.717, 1.165) is 39.8 Å². The SMILES string of the molecule is Cc1ccc(-n2nc(C)c(C3C=CC(NC(=O)Nc4ccccc4)C3)c2C)cc1Cl. The molecule has 2 atom stereocenters. The van der Waals surface area contributed by atoms with Crippen LogP contribution in [0.4, 0.5) is 10.5 Å². The predicted octanol–water partition coefficient (Wildman–Crippen LogP) is 5.68. The quantitative estimate of drug-likeness (QED) is 0.533. The van der Waals surface area contributed by atoms with Crippen molar-refractivity contribution in [3.8, 4) is 5.69 Å². The summed E-state index contributed by atoms with van der Waals surface area (Å²) < 4.78 is 1.95. The van der Waals surface area contributed by atoms with Gasteiger partial charge in [0.1, 0.15) is 0 Å². The number of urea groups is 1. The second kappa shape index (κ2) is 8.36. The van der Waals surface area contributed by atoms with Crippen LogP contribution >= 0.6 is 11.6 Å². The molecular weight excluding hydrogens is 396 g/mol. The normalized spacial score (nSPS) is 17.9. The Morgan fingerprint density at radius 3 is 2.60 bits per heavy atom. The molecule has 1 aliphatic rings. The van der Waals surface area contributed by atoms with Crippen LogP contribution < -0.4 is 10.6 Å². The van der Waals surface area contributed by atoms with E-state index in [0.29, 0.717) is 0 Å². The third-order valence-electron chi connectivity index (χ3n) is 5.55. The highest BCUT2D eigenvalue weighted by Crippen LogP contribution is 2.34. The number of hydrogen-bond acceptors (Lipinski definition) is 2. The van der Waals surface area contributed by atoms with Crippen LogP contribution in [0.15, 0.2) is 60.7 Å². The lowest BCUT2D eigenvalue weighted by Gasteiger charge is -2.15. The predicted molar refractivity (Wildman–Crippen MR) is 122 cm³/mol. The van der Waals surface area contributed by atoms with Gasteiger partial charge in [0.15, 0.2) is 0 Å². The lowest BCUT2D eigenvalue weighted by atomic mass is 9.96. The topological polar surface area (TPSA) is 59.0 Å². The lowest BCUT2D eigenvalue weighted by molar-refractivity contribution is 0.250. The summed E-state index contributed by atoms with van der Waals surface area (Å²) >= 11 is 6.32. The molecule has 154 valence electrons. The van der Waals surface area contributed by atoms with Crippen molar-refractivity contribution in [2.24, 2.45) is 0 Å². The van der Waals surface area contributed by atoms with Crippen LogP contribution in [0.5, 0.6) is 0 Å². The molecule has 0 radical (unpaired) electrons. The van der Waals surface area contributed by atoms with Gasteiger partial charge in [0.05, 0.1) is 11.4 Å². The standard InChI is InChI=1S/C24H25ClN4O/c1-15-9-12-21(14-22(15)25)29-17(3)23(16(2)28-29)18-10-11-20(13-18)27-24(30)26-19-7-5-4-6-8-19/h4-12,14,18,20H,13H2,1-3H3,(H2,26,27,30). The van der Waals surface area contributed by atoms with Crippen molar-refractivity contribution in [3.05, 3.63) is 88.2 Å². The average molecular weight is 421 g/mol. The first-order chi connectivity index (χ1) is 14.4. The van der Waals surface area contributed by atoms with Gasteiger partial charge in [-0.25, -0.2) is 9.48 Å². The Labute approximate surface area is 181 Å². The highest BCUT2D eigenvalue weighted by atomic mass is 35.5. The van der Waals surface area contributed by atoms with E-state index in [-0.39, 0.29) is 18.0 Å². The van der Waals surface area contributed by atoms with Crippen molar-refractivity contribution < 1.29 is 4.79 Å². The van der Waals surface area contributed by atoms with E-state index in [1.165, 1.54) is 5.56 Å². The maximum atomic E-state index is 12.3. The number of benzene rings is 2. The first kappa shape index (κ1) is 20.2. The number of nitrogens with one attached hydrogen (secondary N) is 2. The van der Waals surface area contributed by atoms with Crippen molar-refractivity contribution in [3.63, 3.8) is 0 Å². The second-order valence-electron chi connectivity index (χ2n) is 7.73. The smallest absolute Gasteiger partial charge is 0.319 e. The van der Waals surface area contributed by atoms with E-state index < -0.39 is 0 Å². The van der Waals surface area contributed by atoms with Gasteiger partial charge in [-0.2, -0.15) is 5.10 Å². The molecule has 2 amide bonds. The zero-order chi connectivity index (χ0) is 21.3. The van der Waals surface area contributed by atoms with Gasteiger partial charge in [0.2, 0.25) is 0 Å². The number of carbonyl (C=O) groups excluding carboxylic acids is 1. The summed E-state index contributed by atoms with van der Waals surface area (Å²) in [6.07, 6.45) is 5.04. The molecule has 1 aromatic heterocycles. The number of halogens is 1. The highest BCUT2D eigenvalue weighted by molar-refractivity contribution is 6.31. The summed E-state index contributed by atoms with van der Waals surface area (Å²) in [7, 11) is 0. The average Bonchev–Trinajstić information content (AvgIpc) is 3.28. The number of aromatic nitrogens is 2. The van der Waals surface area contributed by atoms with Crippen LogP contribution in [0.3, 0.4) is 0 Å². The fraction of sp³-hybridized carbons (Fsp3) is 0.250. The summed E-state index contributed by atoms with van der Waals surface area (Å²) in [5, 5.41) is 11.4. The van der Waals surface area contributed by atoms with Crippen LogP contribution in [0, 0.1) is 20.8 Å². The molecule has 1 aliphatic carbocycles. The van der Waals surface area contributed by atoms with Gasteiger partial charge in [-0.1, -0.05) is 48.0 Å². The summed E-state index contributed by atoms with van der Waals surface area (Å²) in [5.41, 5.74) is 6.07. The second-order valence-corrected chi connectivity index (χ2v) is 8.14. The zero-order valence-corrected chi connectivity index (χ0v) is 18.1. The highest BCUT2D eigenvalue weighted by Gasteiger charge is 2.27. The van der Waals surface area contributed by atoms with Gasteiger partial charge in [0, 0.05) is 33.9 Å². The van der Waals surface area contributed by atoms with Gasteiger partial charge in [0.25, 0.3) is 0 Å². The molecule has 4 rings (SSSR count). The molecule has 0 saturated carbocycles. The Morgan fingerprint density at radius 2 is 1.87 bits per heavy atom. The fourth-order valence-electron chi connectivity index (χ4n) is 4.03. The Hall–Kier alpha value is -3.05. The number of aryl methyl sites for hydroxylation is 2. The Kier molecular flexibility index (Phi) is 5.64. The molecule has 1 heterocycles. The monoisotopic (exact) mass is 420 g/mol. The van der Waals surface area contributed by atoms with Gasteiger partial charge in [-0.15, -0.1) is 0 Å². The molecule has 6 heteroatoms. The van der Waals surface area contributed by atoms with Crippen molar-refractivity contribution in [1.82, 2.24) is 15.1 Å². The maximum Gasteiger partial charge on any atom is 0.319 e. The first-order valence-electron chi connectivity index (χ1n) is 10.1. The Bertz CT molecular complexity index is 1100. The Morgan fingerprint density at radius 1 is 1.10 bits per heavy atom. The summed E-state index contributed by atoms with van der Waals surface area (Å²) in [5.74, 6) is 0.210. The molecule has 2 aromatic carbocycles. The molecule has 0 bridgehead atoms. The van der Waals surface area contributed by atoms with Gasteiger partial charge >= 0.3 is 6.03 Å². The van der Waals surface area contributed by atoms with Crippen molar-refractivity contribution in [2.45, 2.75) is 39.2 Å². The third-order valence-corrected chi connectivity index (χ3v) is 5.96. The van der Waals surface area contributed by atoms with E-state index in [9.17, 15) is 4.79 Å². The van der Waals surface area contributed by atoms with Gasteiger partial charge in [-0.3, -0.25) is 0 Å². The third kappa shape index (κ3) is 4.12. The van der Waals surface area contributed by atoms with Crippen LogP contribution in [-0.4, -0.2) is 21.9 Å². The minimum absolute atomic E-state index is 0.0188. The minimum Gasteiger partial charge on any atom is -0.332 e. The number of anilines is 1. The number of carbonyl (C=O) groups is 1. The van der Waals surface area contributed by atoms with E-state index >= 15 is 0 Å². The van der Waals surface area contributed by atoms with E-state index in [1.54, 1.807) is 0 Å². The largest absolute Gasteiger partial charge is 0.332 e. The van der Waals surface area contributed by atoms with Gasteiger partial charge < -0.3 is 10.6 Å². The summed E-state index contributed by atoms with van der Waals surface area (Å²) in [4.78, 5) is 12.3. The molecule has 0 aliphatic heterocycles. The number of hydrogen-bond donors (Lipinski definition) is 2. The van der Waals surface area contributed by atoms with Crippen LogP contribution in [-0.2, 0) is 0 Å². The molecule has 0 spiro atoms. The molecule has 30 heavy (non-hydrogen) atoms. The zero-order valence-electron chi connectivity index (χ0n) is 17.3. The van der Waals surface area contributed by atoms with Crippen LogP contribution in [0.25, 0.3) is 5.69 Å². The lowest BCUT2D eigenvalue weighted by Crippen LogP contribution is -2.36. The summed E-state index contributed by atoms with van der Waals surface area (Å²) in [6.45, 7) is 6.11. The van der Waals surface area contributed by atoms with Crippen molar-refractivity contribution in [1.29, 1.82) is 0 Å². The molecular formula is C24H25ClN4O. The molecule has 0 saturated heterocycles. The molecule has 5 nitrogen and oxygen atoms in total. The fourth-order valence-corrected chi connectivity index (χ4v) is 4.21. The number of para-hydroxylation sites is 1. The van der Waals surface area contributed by atoms with Crippen LogP contribution in [0.1, 0.15) is 34.9 Å². The summed E-state index contributed by atoms with van der Waals surface area (Å²) in [6, 6.07) is 15.2. The molecule has 2 N–H and O–H groups in total. The first-order valence-corrected chi connectivity index (χ1v) is 10.4. The van der Waals surface area contributed by atoms with E-state index in [1.807, 2.05) is 67.1 Å². The number of allylic oxidation sites excluding steroid dienone is 1. The minimum atomic E-state index is -0.199. The number of amides is 2.